The number of unbranched alkanes of at least 4 members (excludes halogenated alkanes) is 1. The van der Waals surface area contributed by atoms with Gasteiger partial charge in [0.05, 0.1) is 5.75 Å². The molecule has 0 aliphatic carbocycles. The monoisotopic (exact) mass is 287 g/mol. The van der Waals surface area contributed by atoms with E-state index >= 15 is 0 Å². The van der Waals surface area contributed by atoms with Crippen molar-refractivity contribution < 1.29 is 8.42 Å². The van der Waals surface area contributed by atoms with Crippen LogP contribution in [0.5, 0.6) is 0 Å². The normalized spacial score (nSPS) is 19.2. The second-order valence-electron chi connectivity index (χ2n) is 4.90. The first kappa shape index (κ1) is 14.0. The molecular formula is C13H21NO2S2. The van der Waals surface area contributed by atoms with Crippen LogP contribution in [0.2, 0.25) is 0 Å². The van der Waals surface area contributed by atoms with Gasteiger partial charge in [-0.3, -0.25) is 0 Å². The molecular weight excluding hydrogens is 266 g/mol. The standard InChI is InChI=1S/C13H21NO2S2/c1-2-3-10-18(15,16)14-7-4-12(5-8-14)13-6-9-17-11-13/h6,9,11-12H,2-5,7-8,10H2,1H3. The quantitative estimate of drug-likeness (QED) is 0.834. The Hall–Kier alpha value is -0.390. The van der Waals surface area contributed by atoms with E-state index in [1.54, 1.807) is 15.6 Å². The van der Waals surface area contributed by atoms with Crippen LogP contribution in [0.1, 0.15) is 44.1 Å². The third kappa shape index (κ3) is 3.33. The Morgan fingerprint density at radius 1 is 1.39 bits per heavy atom. The Morgan fingerprint density at radius 2 is 2.11 bits per heavy atom. The number of hydrogen-bond donors (Lipinski definition) is 0. The lowest BCUT2D eigenvalue weighted by Crippen LogP contribution is -2.39. The molecule has 1 aromatic rings. The maximum Gasteiger partial charge on any atom is 0.214 e. The first-order valence-electron chi connectivity index (χ1n) is 6.63. The molecule has 1 aliphatic heterocycles. The molecule has 1 saturated heterocycles. The number of sulfonamides is 1. The summed E-state index contributed by atoms with van der Waals surface area (Å²) in [6.07, 6.45) is 3.63. The predicted molar refractivity (Wildman–Crippen MR) is 76.6 cm³/mol. The lowest BCUT2D eigenvalue weighted by Gasteiger charge is -2.31. The average molecular weight is 287 g/mol. The van der Waals surface area contributed by atoms with Gasteiger partial charge in [0.1, 0.15) is 0 Å². The van der Waals surface area contributed by atoms with Gasteiger partial charge in [0.25, 0.3) is 0 Å². The van der Waals surface area contributed by atoms with Crippen LogP contribution in [-0.4, -0.2) is 31.6 Å². The van der Waals surface area contributed by atoms with Gasteiger partial charge in [-0.1, -0.05) is 13.3 Å². The molecule has 102 valence electrons. The summed E-state index contributed by atoms with van der Waals surface area (Å²) in [7, 11) is -3.00. The smallest absolute Gasteiger partial charge is 0.212 e. The Bertz CT molecular complexity index is 445. The van der Waals surface area contributed by atoms with E-state index in [-0.39, 0.29) is 0 Å². The lowest BCUT2D eigenvalue weighted by molar-refractivity contribution is 0.319. The van der Waals surface area contributed by atoms with Crippen LogP contribution < -0.4 is 0 Å². The van der Waals surface area contributed by atoms with E-state index in [0.717, 1.165) is 25.7 Å². The minimum absolute atomic E-state index is 0.312. The molecule has 5 heteroatoms. The van der Waals surface area contributed by atoms with E-state index in [1.807, 2.05) is 6.92 Å². The zero-order valence-corrected chi connectivity index (χ0v) is 12.5. The highest BCUT2D eigenvalue weighted by Gasteiger charge is 2.28. The maximum atomic E-state index is 12.1. The van der Waals surface area contributed by atoms with Gasteiger partial charge in [-0.2, -0.15) is 11.3 Å². The van der Waals surface area contributed by atoms with Crippen molar-refractivity contribution in [2.75, 3.05) is 18.8 Å². The van der Waals surface area contributed by atoms with E-state index in [0.29, 0.717) is 24.8 Å². The van der Waals surface area contributed by atoms with Crippen molar-refractivity contribution in [2.45, 2.75) is 38.5 Å². The minimum Gasteiger partial charge on any atom is -0.212 e. The molecule has 18 heavy (non-hydrogen) atoms. The molecule has 0 bridgehead atoms. The highest BCUT2D eigenvalue weighted by molar-refractivity contribution is 7.89. The van der Waals surface area contributed by atoms with Crippen molar-refractivity contribution in [3.05, 3.63) is 22.4 Å². The second kappa shape index (κ2) is 6.17. The van der Waals surface area contributed by atoms with Gasteiger partial charge < -0.3 is 0 Å². The third-order valence-electron chi connectivity index (χ3n) is 3.62. The Kier molecular flexibility index (Phi) is 4.81. The summed E-state index contributed by atoms with van der Waals surface area (Å²) < 4.78 is 25.8. The summed E-state index contributed by atoms with van der Waals surface area (Å²) in [5.41, 5.74) is 1.38. The van der Waals surface area contributed by atoms with Gasteiger partial charge in [-0.15, -0.1) is 0 Å². The highest BCUT2D eigenvalue weighted by atomic mass is 32.2. The predicted octanol–water partition coefficient (Wildman–Crippen LogP) is 3.06. The fourth-order valence-corrected chi connectivity index (χ4v) is 4.85. The molecule has 1 fully saturated rings. The molecule has 2 heterocycles. The third-order valence-corrected chi connectivity index (χ3v) is 6.28. The fraction of sp³-hybridized carbons (Fsp3) is 0.692. The molecule has 0 aromatic carbocycles. The van der Waals surface area contributed by atoms with Gasteiger partial charge in [-0.05, 0) is 47.6 Å². The molecule has 0 amide bonds. The fourth-order valence-electron chi connectivity index (χ4n) is 2.43. The second-order valence-corrected chi connectivity index (χ2v) is 7.77. The zero-order chi connectivity index (χ0) is 13.0. The summed E-state index contributed by atoms with van der Waals surface area (Å²) in [5.74, 6) is 0.862. The Morgan fingerprint density at radius 3 is 2.67 bits per heavy atom. The molecule has 0 unspecified atom stereocenters. The van der Waals surface area contributed by atoms with Gasteiger partial charge in [0.2, 0.25) is 10.0 Å². The summed E-state index contributed by atoms with van der Waals surface area (Å²) in [6, 6.07) is 2.16. The van der Waals surface area contributed by atoms with Crippen LogP contribution in [0.4, 0.5) is 0 Å². The SMILES string of the molecule is CCCCS(=O)(=O)N1CCC(c2ccsc2)CC1. The van der Waals surface area contributed by atoms with E-state index in [4.69, 9.17) is 0 Å². The van der Waals surface area contributed by atoms with Crippen molar-refractivity contribution >= 4 is 21.4 Å². The van der Waals surface area contributed by atoms with Gasteiger partial charge in [0, 0.05) is 13.1 Å². The summed E-state index contributed by atoms with van der Waals surface area (Å²) in [5, 5.41) is 4.28. The van der Waals surface area contributed by atoms with Gasteiger partial charge in [0.15, 0.2) is 0 Å². The van der Waals surface area contributed by atoms with Crippen molar-refractivity contribution in [3.8, 4) is 0 Å². The molecule has 3 nitrogen and oxygen atoms in total. The highest BCUT2D eigenvalue weighted by Crippen LogP contribution is 2.30. The molecule has 0 radical (unpaired) electrons. The number of piperidine rings is 1. The van der Waals surface area contributed by atoms with E-state index < -0.39 is 10.0 Å². The summed E-state index contributed by atoms with van der Waals surface area (Å²) in [4.78, 5) is 0. The summed E-state index contributed by atoms with van der Waals surface area (Å²) >= 11 is 1.72. The number of rotatable bonds is 5. The van der Waals surface area contributed by atoms with Crippen LogP contribution in [0.3, 0.4) is 0 Å². The number of thiophene rings is 1. The largest absolute Gasteiger partial charge is 0.214 e. The molecule has 0 spiro atoms. The molecule has 1 aliphatic rings. The van der Waals surface area contributed by atoms with Crippen molar-refractivity contribution in [2.24, 2.45) is 0 Å². The maximum absolute atomic E-state index is 12.1. The summed E-state index contributed by atoms with van der Waals surface area (Å²) in [6.45, 7) is 3.40. The van der Waals surface area contributed by atoms with Crippen LogP contribution in [0.25, 0.3) is 0 Å². The topological polar surface area (TPSA) is 37.4 Å². The van der Waals surface area contributed by atoms with Gasteiger partial charge in [-0.25, -0.2) is 12.7 Å². The number of nitrogens with zero attached hydrogens (tertiary/aromatic N) is 1. The Balaban J connectivity index is 1.90. The number of hydrogen-bond acceptors (Lipinski definition) is 3. The first-order chi connectivity index (χ1) is 8.63. The molecule has 2 rings (SSSR count). The van der Waals surface area contributed by atoms with Crippen molar-refractivity contribution in [1.29, 1.82) is 0 Å². The van der Waals surface area contributed by atoms with Crippen LogP contribution in [-0.2, 0) is 10.0 Å². The van der Waals surface area contributed by atoms with E-state index in [9.17, 15) is 8.42 Å². The molecule has 1 aromatic heterocycles. The van der Waals surface area contributed by atoms with Crippen molar-refractivity contribution in [1.82, 2.24) is 4.31 Å². The van der Waals surface area contributed by atoms with Crippen LogP contribution in [0.15, 0.2) is 16.8 Å². The molecule has 0 saturated carbocycles. The first-order valence-corrected chi connectivity index (χ1v) is 9.18. The van der Waals surface area contributed by atoms with Gasteiger partial charge >= 0.3 is 0 Å². The van der Waals surface area contributed by atoms with E-state index in [1.165, 1.54) is 5.56 Å². The Labute approximate surface area is 114 Å². The molecule has 0 N–H and O–H groups in total. The zero-order valence-electron chi connectivity index (χ0n) is 10.8. The molecule has 0 atom stereocenters. The average Bonchev–Trinajstić information content (AvgIpc) is 2.90. The van der Waals surface area contributed by atoms with Crippen LogP contribution >= 0.6 is 11.3 Å². The lowest BCUT2D eigenvalue weighted by atomic mass is 9.92. The van der Waals surface area contributed by atoms with E-state index in [2.05, 4.69) is 16.8 Å². The minimum atomic E-state index is -3.00. The van der Waals surface area contributed by atoms with Crippen molar-refractivity contribution in [3.63, 3.8) is 0 Å². The van der Waals surface area contributed by atoms with Crippen LogP contribution in [0, 0.1) is 0 Å².